The third-order valence-corrected chi connectivity index (χ3v) is 5.71. The maximum atomic E-state index is 13.1. The van der Waals surface area contributed by atoms with Gasteiger partial charge in [0, 0.05) is 38.7 Å². The standard InChI is InChI=1S/C18H20FN5OS/c1-22(2)16(25)13-7-9-23(10-8-13)18-21-24-11-15(20-17(24)26-18)12-3-5-14(19)6-4-12/h3-6,11,13H,7-10H2,1-2H3. The molecule has 136 valence electrons. The van der Waals surface area contributed by atoms with Crippen LogP contribution in [0.4, 0.5) is 9.52 Å². The summed E-state index contributed by atoms with van der Waals surface area (Å²) in [6.07, 6.45) is 3.56. The van der Waals surface area contributed by atoms with Crippen LogP contribution in [0.25, 0.3) is 16.2 Å². The number of amides is 1. The molecule has 3 aromatic rings. The Labute approximate surface area is 154 Å². The van der Waals surface area contributed by atoms with E-state index in [-0.39, 0.29) is 17.6 Å². The van der Waals surface area contributed by atoms with Gasteiger partial charge in [-0.1, -0.05) is 11.3 Å². The van der Waals surface area contributed by atoms with Gasteiger partial charge < -0.3 is 9.80 Å². The molecule has 1 amide bonds. The van der Waals surface area contributed by atoms with Crippen molar-refractivity contribution in [2.24, 2.45) is 5.92 Å². The number of rotatable bonds is 3. The highest BCUT2D eigenvalue weighted by atomic mass is 32.1. The quantitative estimate of drug-likeness (QED) is 0.708. The molecule has 0 spiro atoms. The van der Waals surface area contributed by atoms with E-state index in [1.165, 1.54) is 23.5 Å². The van der Waals surface area contributed by atoms with Gasteiger partial charge in [-0.15, -0.1) is 5.10 Å². The summed E-state index contributed by atoms with van der Waals surface area (Å²) in [7, 11) is 3.62. The first-order valence-electron chi connectivity index (χ1n) is 8.59. The Morgan fingerprint density at radius 3 is 2.54 bits per heavy atom. The number of hydrogen-bond acceptors (Lipinski definition) is 5. The van der Waals surface area contributed by atoms with E-state index in [9.17, 15) is 9.18 Å². The first-order valence-corrected chi connectivity index (χ1v) is 9.41. The highest BCUT2D eigenvalue weighted by molar-refractivity contribution is 7.20. The van der Waals surface area contributed by atoms with Crippen LogP contribution in [0.1, 0.15) is 12.8 Å². The first kappa shape index (κ1) is 17.0. The molecule has 0 atom stereocenters. The summed E-state index contributed by atoms with van der Waals surface area (Å²) in [5, 5.41) is 5.56. The van der Waals surface area contributed by atoms with Crippen LogP contribution in [0.5, 0.6) is 0 Å². The number of hydrogen-bond donors (Lipinski definition) is 0. The predicted octanol–water partition coefficient (Wildman–Crippen LogP) is 2.90. The smallest absolute Gasteiger partial charge is 0.225 e. The molecule has 4 rings (SSSR count). The normalized spacial score (nSPS) is 15.6. The molecule has 3 heterocycles. The fourth-order valence-corrected chi connectivity index (χ4v) is 4.19. The Hall–Kier alpha value is -2.48. The van der Waals surface area contributed by atoms with Crippen LogP contribution in [0.3, 0.4) is 0 Å². The number of halogens is 1. The molecule has 1 aliphatic rings. The Morgan fingerprint density at radius 2 is 1.92 bits per heavy atom. The molecule has 1 saturated heterocycles. The Bertz CT molecular complexity index is 893. The molecular formula is C18H20FN5OS. The van der Waals surface area contributed by atoms with Gasteiger partial charge in [0.1, 0.15) is 5.82 Å². The number of carbonyl (C=O) groups is 1. The zero-order valence-corrected chi connectivity index (χ0v) is 15.5. The molecule has 0 radical (unpaired) electrons. The lowest BCUT2D eigenvalue weighted by atomic mass is 9.96. The van der Waals surface area contributed by atoms with Crippen molar-refractivity contribution >= 4 is 27.3 Å². The van der Waals surface area contributed by atoms with Crippen molar-refractivity contribution in [3.63, 3.8) is 0 Å². The number of fused-ring (bicyclic) bond motifs is 1. The summed E-state index contributed by atoms with van der Waals surface area (Å²) in [6.45, 7) is 1.65. The molecule has 8 heteroatoms. The third kappa shape index (κ3) is 3.16. The minimum atomic E-state index is -0.258. The monoisotopic (exact) mass is 373 g/mol. The lowest BCUT2D eigenvalue weighted by molar-refractivity contribution is -0.133. The topological polar surface area (TPSA) is 53.7 Å². The number of aromatic nitrogens is 3. The fraction of sp³-hybridized carbons (Fsp3) is 0.389. The maximum Gasteiger partial charge on any atom is 0.225 e. The van der Waals surface area contributed by atoms with Crippen molar-refractivity contribution in [3.05, 3.63) is 36.3 Å². The molecule has 0 unspecified atom stereocenters. The van der Waals surface area contributed by atoms with E-state index >= 15 is 0 Å². The number of piperidine rings is 1. The molecule has 1 aromatic carbocycles. The first-order chi connectivity index (χ1) is 12.5. The van der Waals surface area contributed by atoms with Gasteiger partial charge in [0.05, 0.1) is 11.9 Å². The lowest BCUT2D eigenvalue weighted by Crippen LogP contribution is -2.40. The Morgan fingerprint density at radius 1 is 1.23 bits per heavy atom. The van der Waals surface area contributed by atoms with E-state index in [4.69, 9.17) is 0 Å². The number of nitrogens with zero attached hydrogens (tertiary/aromatic N) is 5. The van der Waals surface area contributed by atoms with Crippen LogP contribution < -0.4 is 4.90 Å². The van der Waals surface area contributed by atoms with Crippen molar-refractivity contribution in [2.45, 2.75) is 12.8 Å². The van der Waals surface area contributed by atoms with Crippen molar-refractivity contribution in [1.29, 1.82) is 0 Å². The molecular weight excluding hydrogens is 353 g/mol. The second-order valence-corrected chi connectivity index (χ2v) is 7.67. The van der Waals surface area contributed by atoms with Crippen LogP contribution in [0.15, 0.2) is 30.5 Å². The molecule has 0 bridgehead atoms. The zero-order chi connectivity index (χ0) is 18.3. The number of carbonyl (C=O) groups excluding carboxylic acids is 1. The van der Waals surface area contributed by atoms with E-state index in [2.05, 4.69) is 15.0 Å². The van der Waals surface area contributed by atoms with Gasteiger partial charge in [-0.05, 0) is 37.1 Å². The largest absolute Gasteiger partial charge is 0.349 e. The van der Waals surface area contributed by atoms with Crippen LogP contribution in [-0.2, 0) is 4.79 Å². The highest BCUT2D eigenvalue weighted by Crippen LogP contribution is 2.30. The summed E-state index contributed by atoms with van der Waals surface area (Å²) in [4.78, 5) is 21.4. The molecule has 0 aliphatic carbocycles. The van der Waals surface area contributed by atoms with Crippen molar-refractivity contribution in [1.82, 2.24) is 19.5 Å². The van der Waals surface area contributed by atoms with E-state index < -0.39 is 0 Å². The molecule has 1 fully saturated rings. The van der Waals surface area contributed by atoms with Crippen LogP contribution >= 0.6 is 11.3 Å². The molecule has 0 N–H and O–H groups in total. The van der Waals surface area contributed by atoms with Gasteiger partial charge in [0.15, 0.2) is 0 Å². The van der Waals surface area contributed by atoms with Gasteiger partial charge in [-0.2, -0.15) is 0 Å². The van der Waals surface area contributed by atoms with Gasteiger partial charge >= 0.3 is 0 Å². The number of anilines is 1. The van der Waals surface area contributed by atoms with Gasteiger partial charge in [-0.3, -0.25) is 4.79 Å². The summed E-state index contributed by atoms with van der Waals surface area (Å²) >= 11 is 1.54. The second kappa shape index (κ2) is 6.68. The van der Waals surface area contributed by atoms with Gasteiger partial charge in [-0.25, -0.2) is 13.9 Å². The molecule has 2 aromatic heterocycles. The average Bonchev–Trinajstić information content (AvgIpc) is 3.21. The summed E-state index contributed by atoms with van der Waals surface area (Å²) < 4.78 is 14.8. The predicted molar refractivity (Wildman–Crippen MR) is 99.9 cm³/mol. The van der Waals surface area contributed by atoms with E-state index in [1.54, 1.807) is 21.5 Å². The highest BCUT2D eigenvalue weighted by Gasteiger charge is 2.27. The summed E-state index contributed by atoms with van der Waals surface area (Å²) in [5.41, 5.74) is 1.65. The molecule has 0 saturated carbocycles. The summed E-state index contributed by atoms with van der Waals surface area (Å²) in [6, 6.07) is 6.30. The Kier molecular flexibility index (Phi) is 4.36. The van der Waals surface area contributed by atoms with Crippen molar-refractivity contribution < 1.29 is 9.18 Å². The van der Waals surface area contributed by atoms with Crippen molar-refractivity contribution in [3.8, 4) is 11.3 Å². The Balaban J connectivity index is 1.48. The SMILES string of the molecule is CN(C)C(=O)C1CCN(c2nn3cc(-c4ccc(F)cc4)nc3s2)CC1. The second-order valence-electron chi connectivity index (χ2n) is 6.74. The minimum Gasteiger partial charge on any atom is -0.349 e. The van der Waals surface area contributed by atoms with E-state index in [0.29, 0.717) is 0 Å². The van der Waals surface area contributed by atoms with Gasteiger partial charge in [0.25, 0.3) is 0 Å². The molecule has 6 nitrogen and oxygen atoms in total. The number of benzene rings is 1. The molecule has 26 heavy (non-hydrogen) atoms. The van der Waals surface area contributed by atoms with E-state index in [1.807, 2.05) is 20.3 Å². The fourth-order valence-electron chi connectivity index (χ4n) is 3.26. The van der Waals surface area contributed by atoms with Crippen LogP contribution in [0.2, 0.25) is 0 Å². The lowest BCUT2D eigenvalue weighted by Gasteiger charge is -2.31. The maximum absolute atomic E-state index is 13.1. The molecule has 1 aliphatic heterocycles. The number of imidazole rings is 1. The third-order valence-electron chi connectivity index (χ3n) is 4.73. The van der Waals surface area contributed by atoms with E-state index in [0.717, 1.165) is 47.3 Å². The summed E-state index contributed by atoms with van der Waals surface area (Å²) in [5.74, 6) is 0.0595. The van der Waals surface area contributed by atoms with Crippen molar-refractivity contribution in [2.75, 3.05) is 32.1 Å². The van der Waals surface area contributed by atoms with Crippen LogP contribution in [0, 0.1) is 11.7 Å². The van der Waals surface area contributed by atoms with Crippen LogP contribution in [-0.4, -0.2) is 52.6 Å². The van der Waals surface area contributed by atoms with Gasteiger partial charge in [0.2, 0.25) is 16.0 Å². The zero-order valence-electron chi connectivity index (χ0n) is 14.7. The minimum absolute atomic E-state index is 0.107. The average molecular weight is 373 g/mol.